The van der Waals surface area contributed by atoms with Crippen molar-refractivity contribution in [2.75, 3.05) is 13.7 Å². The van der Waals surface area contributed by atoms with Crippen molar-refractivity contribution < 1.29 is 19.1 Å². The Labute approximate surface area is 168 Å². The Bertz CT molecular complexity index is 866. The first-order chi connectivity index (χ1) is 13.5. The summed E-state index contributed by atoms with van der Waals surface area (Å²) < 4.78 is 10.7. The van der Waals surface area contributed by atoms with Crippen LogP contribution < -0.4 is 20.2 Å². The number of ether oxygens (including phenoxy) is 2. The molecule has 2 aromatic carbocycles. The summed E-state index contributed by atoms with van der Waals surface area (Å²) in [5, 5.41) is 6.88. The lowest BCUT2D eigenvalue weighted by Crippen LogP contribution is -2.37. The molecule has 0 bridgehead atoms. The van der Waals surface area contributed by atoms with Crippen molar-refractivity contribution in [3.63, 3.8) is 0 Å². The lowest BCUT2D eigenvalue weighted by molar-refractivity contribution is -0.139. The Morgan fingerprint density at radius 2 is 1.89 bits per heavy atom. The number of hydrazone groups is 1. The predicted octanol–water partition coefficient (Wildman–Crippen LogP) is 2.68. The fraction of sp³-hybridized carbons (Fsp3) is 0.150. The Hall–Kier alpha value is -3.32. The fourth-order valence-electron chi connectivity index (χ4n) is 2.11. The molecule has 8 heteroatoms. The number of amides is 2. The minimum absolute atomic E-state index is 0.205. The Balaban J connectivity index is 1.86. The summed E-state index contributed by atoms with van der Waals surface area (Å²) in [5.41, 5.74) is 3.65. The molecule has 0 heterocycles. The molecule has 2 amide bonds. The highest BCUT2D eigenvalue weighted by Crippen LogP contribution is 2.27. The van der Waals surface area contributed by atoms with Gasteiger partial charge in [0.2, 0.25) is 0 Å². The topological polar surface area (TPSA) is 89.0 Å². The second-order valence-corrected chi connectivity index (χ2v) is 5.95. The van der Waals surface area contributed by atoms with E-state index in [4.69, 9.17) is 21.1 Å². The van der Waals surface area contributed by atoms with Crippen molar-refractivity contribution in [2.24, 2.45) is 5.10 Å². The molecule has 2 rings (SSSR count). The lowest BCUT2D eigenvalue weighted by Gasteiger charge is -2.09. The minimum Gasteiger partial charge on any atom is -0.493 e. The molecule has 0 saturated heterocycles. The zero-order chi connectivity index (χ0) is 20.4. The normalized spacial score (nSPS) is 10.4. The van der Waals surface area contributed by atoms with Crippen LogP contribution in [-0.2, 0) is 16.1 Å². The highest BCUT2D eigenvalue weighted by atomic mass is 35.5. The SMILES string of the molecule is C=CCOc1ccc(/C=N/NC(=O)C(=O)NCc2ccc(Cl)cc2)cc1OC. The van der Waals surface area contributed by atoms with Crippen LogP contribution in [0.3, 0.4) is 0 Å². The molecule has 0 aliphatic rings. The average molecular weight is 402 g/mol. The van der Waals surface area contributed by atoms with Gasteiger partial charge in [-0.3, -0.25) is 9.59 Å². The second-order valence-electron chi connectivity index (χ2n) is 5.52. The van der Waals surface area contributed by atoms with Crippen molar-refractivity contribution in [1.29, 1.82) is 0 Å². The smallest absolute Gasteiger partial charge is 0.329 e. The van der Waals surface area contributed by atoms with Crippen LogP contribution in [0.5, 0.6) is 11.5 Å². The average Bonchev–Trinajstić information content (AvgIpc) is 2.71. The van der Waals surface area contributed by atoms with Crippen LogP contribution in [0.4, 0.5) is 0 Å². The molecule has 2 N–H and O–H groups in total. The third-order valence-electron chi connectivity index (χ3n) is 3.50. The monoisotopic (exact) mass is 401 g/mol. The highest BCUT2D eigenvalue weighted by Gasteiger charge is 2.12. The highest BCUT2D eigenvalue weighted by molar-refractivity contribution is 6.35. The molecule has 146 valence electrons. The number of rotatable bonds is 8. The van der Waals surface area contributed by atoms with Gasteiger partial charge < -0.3 is 14.8 Å². The van der Waals surface area contributed by atoms with Crippen molar-refractivity contribution in [1.82, 2.24) is 10.7 Å². The first kappa shape index (κ1) is 21.0. The van der Waals surface area contributed by atoms with E-state index >= 15 is 0 Å². The number of carbonyl (C=O) groups excluding carboxylic acids is 2. The van der Waals surface area contributed by atoms with Crippen LogP contribution in [0.25, 0.3) is 0 Å². The molecule has 0 radical (unpaired) electrons. The molecular formula is C20H20ClN3O4. The molecule has 0 spiro atoms. The van der Waals surface area contributed by atoms with E-state index in [1.165, 1.54) is 13.3 Å². The zero-order valence-corrected chi connectivity index (χ0v) is 16.0. The fourth-order valence-corrected chi connectivity index (χ4v) is 2.24. The zero-order valence-electron chi connectivity index (χ0n) is 15.3. The summed E-state index contributed by atoms with van der Waals surface area (Å²) in [6.45, 7) is 4.15. The molecule has 28 heavy (non-hydrogen) atoms. The van der Waals surface area contributed by atoms with E-state index in [2.05, 4.69) is 22.4 Å². The van der Waals surface area contributed by atoms with Gasteiger partial charge in [-0.05, 0) is 41.5 Å². The Morgan fingerprint density at radius 3 is 2.57 bits per heavy atom. The van der Waals surface area contributed by atoms with Gasteiger partial charge in [0.05, 0.1) is 13.3 Å². The third kappa shape index (κ3) is 6.44. The first-order valence-electron chi connectivity index (χ1n) is 8.31. The quantitative estimate of drug-likeness (QED) is 0.308. The van der Waals surface area contributed by atoms with E-state index in [9.17, 15) is 9.59 Å². The Kier molecular flexibility index (Phi) is 8.05. The summed E-state index contributed by atoms with van der Waals surface area (Å²) in [4.78, 5) is 23.6. The number of carbonyl (C=O) groups is 2. The molecular weight excluding hydrogens is 382 g/mol. The maximum Gasteiger partial charge on any atom is 0.329 e. The number of methoxy groups -OCH3 is 1. The van der Waals surface area contributed by atoms with Gasteiger partial charge in [0.1, 0.15) is 6.61 Å². The summed E-state index contributed by atoms with van der Waals surface area (Å²) in [6, 6.07) is 12.1. The molecule has 7 nitrogen and oxygen atoms in total. The first-order valence-corrected chi connectivity index (χ1v) is 8.68. The number of hydrogen-bond donors (Lipinski definition) is 2. The number of nitrogens with zero attached hydrogens (tertiary/aromatic N) is 1. The Morgan fingerprint density at radius 1 is 1.14 bits per heavy atom. The number of halogens is 1. The van der Waals surface area contributed by atoms with Gasteiger partial charge >= 0.3 is 11.8 Å². The lowest BCUT2D eigenvalue weighted by atomic mass is 10.2. The van der Waals surface area contributed by atoms with Gasteiger partial charge in [-0.15, -0.1) is 0 Å². The maximum atomic E-state index is 11.8. The van der Waals surface area contributed by atoms with Crippen LogP contribution in [-0.4, -0.2) is 31.7 Å². The van der Waals surface area contributed by atoms with Crippen LogP contribution in [0.15, 0.2) is 60.2 Å². The van der Waals surface area contributed by atoms with Crippen LogP contribution in [0.1, 0.15) is 11.1 Å². The van der Waals surface area contributed by atoms with Crippen molar-refractivity contribution >= 4 is 29.6 Å². The number of benzene rings is 2. The molecule has 0 fully saturated rings. The van der Waals surface area contributed by atoms with E-state index in [-0.39, 0.29) is 6.54 Å². The molecule has 0 aliphatic carbocycles. The predicted molar refractivity (Wildman–Crippen MR) is 108 cm³/mol. The minimum atomic E-state index is -0.872. The van der Waals surface area contributed by atoms with Gasteiger partial charge in [0, 0.05) is 11.6 Å². The summed E-state index contributed by atoms with van der Waals surface area (Å²) >= 11 is 5.80. The van der Waals surface area contributed by atoms with Crippen LogP contribution in [0, 0.1) is 0 Å². The van der Waals surface area contributed by atoms with E-state index in [1.54, 1.807) is 48.5 Å². The van der Waals surface area contributed by atoms with Gasteiger partial charge in [-0.1, -0.05) is 36.4 Å². The molecule has 0 atom stereocenters. The molecule has 0 saturated carbocycles. The van der Waals surface area contributed by atoms with E-state index in [1.807, 2.05) is 0 Å². The van der Waals surface area contributed by atoms with Gasteiger partial charge in [-0.25, -0.2) is 5.43 Å². The van der Waals surface area contributed by atoms with Crippen LogP contribution >= 0.6 is 11.6 Å². The number of hydrogen-bond acceptors (Lipinski definition) is 5. The third-order valence-corrected chi connectivity index (χ3v) is 3.75. The van der Waals surface area contributed by atoms with Crippen molar-refractivity contribution in [3.8, 4) is 11.5 Å². The van der Waals surface area contributed by atoms with E-state index < -0.39 is 11.8 Å². The molecule has 2 aromatic rings. The molecule has 0 unspecified atom stereocenters. The van der Waals surface area contributed by atoms with Crippen molar-refractivity contribution in [2.45, 2.75) is 6.54 Å². The largest absolute Gasteiger partial charge is 0.493 e. The van der Waals surface area contributed by atoms with E-state index in [0.717, 1.165) is 5.56 Å². The van der Waals surface area contributed by atoms with E-state index in [0.29, 0.717) is 28.7 Å². The number of nitrogens with one attached hydrogen (secondary N) is 2. The van der Waals surface area contributed by atoms with Crippen LogP contribution in [0.2, 0.25) is 5.02 Å². The standard InChI is InChI=1S/C20H20ClN3O4/c1-3-10-28-17-9-6-15(11-18(17)27-2)13-23-24-20(26)19(25)22-12-14-4-7-16(21)8-5-14/h3-9,11,13H,1,10,12H2,2H3,(H,22,25)(H,24,26)/b23-13+. The van der Waals surface area contributed by atoms with Gasteiger partial charge in [-0.2, -0.15) is 5.10 Å². The second kappa shape index (κ2) is 10.7. The summed E-state index contributed by atoms with van der Waals surface area (Å²) in [5.74, 6) is -0.594. The van der Waals surface area contributed by atoms with Crippen molar-refractivity contribution in [3.05, 3.63) is 71.3 Å². The summed E-state index contributed by atoms with van der Waals surface area (Å²) in [7, 11) is 1.52. The molecule has 0 aromatic heterocycles. The van der Waals surface area contributed by atoms with Gasteiger partial charge in [0.15, 0.2) is 11.5 Å². The van der Waals surface area contributed by atoms with Gasteiger partial charge in [0.25, 0.3) is 0 Å². The summed E-state index contributed by atoms with van der Waals surface area (Å²) in [6.07, 6.45) is 3.02. The maximum absolute atomic E-state index is 11.8. The molecule has 0 aliphatic heterocycles.